The average molecular weight is 544 g/mol. The van der Waals surface area contributed by atoms with Crippen LogP contribution in [0.2, 0.25) is 5.02 Å². The molecule has 0 aliphatic carbocycles. The standard InChI is InChI=1S/C29H32ClF2N3O3/c1-3-19-5-4-6-20(11-19)16-35(17-27(36)26(33)14-21-12-24(31)15-25(32)13-21)29(38)18(2)34-28(37)22-7-9-23(30)10-8-22/h4-13,15,18,26-27,36H,3,14,16-17,33H2,1-2H3,(H,34,37)/t18-,26+,27-/m1/s1. The Morgan fingerprint density at radius 1 is 1.00 bits per heavy atom. The van der Waals surface area contributed by atoms with E-state index in [4.69, 9.17) is 17.3 Å². The molecule has 0 unspecified atom stereocenters. The Bertz CT molecular complexity index is 1240. The van der Waals surface area contributed by atoms with Crippen molar-refractivity contribution in [3.63, 3.8) is 0 Å². The second-order valence-electron chi connectivity index (χ2n) is 9.31. The molecule has 3 rings (SSSR count). The van der Waals surface area contributed by atoms with E-state index in [1.807, 2.05) is 31.2 Å². The highest BCUT2D eigenvalue weighted by Crippen LogP contribution is 2.15. The predicted molar refractivity (Wildman–Crippen MR) is 144 cm³/mol. The molecule has 3 atom stereocenters. The molecule has 9 heteroatoms. The summed E-state index contributed by atoms with van der Waals surface area (Å²) in [6.45, 7) is 3.61. The van der Waals surface area contributed by atoms with Gasteiger partial charge < -0.3 is 21.1 Å². The number of carbonyl (C=O) groups is 2. The average Bonchev–Trinajstić information content (AvgIpc) is 2.87. The second kappa shape index (κ2) is 13.5. The van der Waals surface area contributed by atoms with Crippen molar-refractivity contribution in [2.75, 3.05) is 6.54 Å². The minimum Gasteiger partial charge on any atom is -0.390 e. The Kier molecular flexibility index (Phi) is 10.4. The van der Waals surface area contributed by atoms with Crippen LogP contribution in [-0.4, -0.2) is 46.6 Å². The van der Waals surface area contributed by atoms with Crippen molar-refractivity contribution in [1.29, 1.82) is 0 Å². The zero-order valence-corrected chi connectivity index (χ0v) is 22.1. The van der Waals surface area contributed by atoms with Crippen molar-refractivity contribution < 1.29 is 23.5 Å². The second-order valence-corrected chi connectivity index (χ2v) is 9.74. The highest BCUT2D eigenvalue weighted by atomic mass is 35.5. The molecule has 0 fully saturated rings. The molecule has 0 aromatic heterocycles. The lowest BCUT2D eigenvalue weighted by molar-refractivity contribution is -0.135. The molecule has 38 heavy (non-hydrogen) atoms. The molecule has 0 aliphatic heterocycles. The van der Waals surface area contributed by atoms with Gasteiger partial charge >= 0.3 is 0 Å². The number of carbonyl (C=O) groups excluding carboxylic acids is 2. The predicted octanol–water partition coefficient (Wildman–Crippen LogP) is 4.26. The van der Waals surface area contributed by atoms with Crippen LogP contribution in [0, 0.1) is 11.6 Å². The highest BCUT2D eigenvalue weighted by molar-refractivity contribution is 6.30. The van der Waals surface area contributed by atoms with Crippen LogP contribution >= 0.6 is 11.6 Å². The van der Waals surface area contributed by atoms with Gasteiger partial charge in [-0.05, 0) is 72.9 Å². The first-order valence-electron chi connectivity index (χ1n) is 12.4. The molecule has 3 aromatic carbocycles. The minimum atomic E-state index is -1.20. The van der Waals surface area contributed by atoms with Crippen LogP contribution in [0.5, 0.6) is 0 Å². The molecule has 202 valence electrons. The first-order chi connectivity index (χ1) is 18.0. The van der Waals surface area contributed by atoms with E-state index in [-0.39, 0.29) is 19.5 Å². The van der Waals surface area contributed by atoms with E-state index < -0.39 is 41.6 Å². The summed E-state index contributed by atoms with van der Waals surface area (Å²) in [4.78, 5) is 27.6. The molecule has 2 amide bonds. The van der Waals surface area contributed by atoms with Gasteiger partial charge in [-0.1, -0.05) is 42.8 Å². The van der Waals surface area contributed by atoms with Gasteiger partial charge in [-0.2, -0.15) is 0 Å². The summed E-state index contributed by atoms with van der Waals surface area (Å²) in [5.74, 6) is -2.34. The number of benzene rings is 3. The summed E-state index contributed by atoms with van der Waals surface area (Å²) in [5.41, 5.74) is 8.75. The molecule has 0 heterocycles. The molecule has 3 aromatic rings. The van der Waals surface area contributed by atoms with Crippen LogP contribution in [0.25, 0.3) is 0 Å². The lowest BCUT2D eigenvalue weighted by Gasteiger charge is -2.30. The number of amides is 2. The van der Waals surface area contributed by atoms with Crippen molar-refractivity contribution in [2.45, 2.75) is 51.4 Å². The van der Waals surface area contributed by atoms with Crippen LogP contribution in [0.4, 0.5) is 8.78 Å². The topological polar surface area (TPSA) is 95.7 Å². The number of hydrogen-bond donors (Lipinski definition) is 3. The number of rotatable bonds is 11. The van der Waals surface area contributed by atoms with E-state index in [1.165, 1.54) is 4.90 Å². The summed E-state index contributed by atoms with van der Waals surface area (Å²) in [5, 5.41) is 14.1. The zero-order chi connectivity index (χ0) is 27.8. The van der Waals surface area contributed by atoms with E-state index in [0.29, 0.717) is 16.1 Å². The van der Waals surface area contributed by atoms with Crippen LogP contribution in [0.1, 0.15) is 40.9 Å². The van der Waals surface area contributed by atoms with Crippen molar-refractivity contribution in [3.05, 3.63) is 106 Å². The number of aryl methyl sites for hydroxylation is 1. The first-order valence-corrected chi connectivity index (χ1v) is 12.7. The summed E-state index contributed by atoms with van der Waals surface area (Å²) >= 11 is 5.89. The van der Waals surface area contributed by atoms with Crippen LogP contribution in [-0.2, 0) is 24.2 Å². The summed E-state index contributed by atoms with van der Waals surface area (Å²) < 4.78 is 27.2. The summed E-state index contributed by atoms with van der Waals surface area (Å²) in [6, 6.07) is 15.3. The van der Waals surface area contributed by atoms with Gasteiger partial charge in [-0.25, -0.2) is 8.78 Å². The van der Waals surface area contributed by atoms with Gasteiger partial charge in [0.1, 0.15) is 17.7 Å². The number of aliphatic hydroxyl groups excluding tert-OH is 1. The lowest BCUT2D eigenvalue weighted by atomic mass is 10.0. The van der Waals surface area contributed by atoms with E-state index in [0.717, 1.165) is 35.7 Å². The van der Waals surface area contributed by atoms with Crippen LogP contribution < -0.4 is 11.1 Å². The van der Waals surface area contributed by atoms with Crippen LogP contribution in [0.15, 0.2) is 66.7 Å². The SMILES string of the molecule is CCc1cccc(CN(C[C@@H](O)[C@@H](N)Cc2cc(F)cc(F)c2)C(=O)[C@@H](C)NC(=O)c2ccc(Cl)cc2)c1. The number of nitrogens with zero attached hydrogens (tertiary/aromatic N) is 1. The fourth-order valence-electron chi connectivity index (χ4n) is 4.12. The van der Waals surface area contributed by atoms with E-state index in [2.05, 4.69) is 5.32 Å². The molecule has 6 nitrogen and oxygen atoms in total. The summed E-state index contributed by atoms with van der Waals surface area (Å²) in [6.07, 6.45) is -0.377. The molecule has 0 aliphatic rings. The van der Waals surface area contributed by atoms with Gasteiger partial charge in [0.2, 0.25) is 5.91 Å². The quantitative estimate of drug-likeness (QED) is 0.337. The number of nitrogens with one attached hydrogen (secondary N) is 1. The van der Waals surface area contributed by atoms with Crippen molar-refractivity contribution in [3.8, 4) is 0 Å². The fraction of sp³-hybridized carbons (Fsp3) is 0.310. The van der Waals surface area contributed by atoms with Gasteiger partial charge in [0.05, 0.1) is 6.10 Å². The maximum atomic E-state index is 13.6. The molecule has 0 bridgehead atoms. The molecule has 0 radical (unpaired) electrons. The first kappa shape index (κ1) is 29.2. The highest BCUT2D eigenvalue weighted by Gasteiger charge is 2.27. The Hall–Kier alpha value is -3.33. The van der Waals surface area contributed by atoms with E-state index in [9.17, 15) is 23.5 Å². The van der Waals surface area contributed by atoms with Gasteiger partial charge in [-0.3, -0.25) is 9.59 Å². The largest absolute Gasteiger partial charge is 0.390 e. The molecular formula is C29H32ClF2N3O3. The molecule has 4 N–H and O–H groups in total. The number of halogens is 3. The molecule has 0 saturated heterocycles. The number of nitrogens with two attached hydrogens (primary N) is 1. The Labute approximate surface area is 226 Å². The third-order valence-electron chi connectivity index (χ3n) is 6.20. The van der Waals surface area contributed by atoms with Gasteiger partial charge in [0.15, 0.2) is 0 Å². The number of aliphatic hydroxyl groups is 1. The summed E-state index contributed by atoms with van der Waals surface area (Å²) in [7, 11) is 0. The molecular weight excluding hydrogens is 512 g/mol. The third-order valence-corrected chi connectivity index (χ3v) is 6.46. The Morgan fingerprint density at radius 2 is 1.63 bits per heavy atom. The van der Waals surface area contributed by atoms with E-state index >= 15 is 0 Å². The molecule has 0 saturated carbocycles. The number of hydrogen-bond acceptors (Lipinski definition) is 4. The van der Waals surface area contributed by atoms with E-state index in [1.54, 1.807) is 31.2 Å². The van der Waals surface area contributed by atoms with Crippen molar-refractivity contribution in [2.24, 2.45) is 5.73 Å². The van der Waals surface area contributed by atoms with Crippen molar-refractivity contribution >= 4 is 23.4 Å². The fourth-order valence-corrected chi connectivity index (χ4v) is 4.24. The normalized spacial score (nSPS) is 13.4. The maximum absolute atomic E-state index is 13.6. The Balaban J connectivity index is 1.76. The Morgan fingerprint density at radius 3 is 2.26 bits per heavy atom. The maximum Gasteiger partial charge on any atom is 0.251 e. The van der Waals surface area contributed by atoms with Gasteiger partial charge in [0.25, 0.3) is 5.91 Å². The van der Waals surface area contributed by atoms with Gasteiger partial charge in [0, 0.05) is 35.8 Å². The minimum absolute atomic E-state index is 0.00601. The van der Waals surface area contributed by atoms with Crippen molar-refractivity contribution in [1.82, 2.24) is 10.2 Å². The van der Waals surface area contributed by atoms with Gasteiger partial charge in [-0.15, -0.1) is 0 Å². The zero-order valence-electron chi connectivity index (χ0n) is 21.3. The smallest absolute Gasteiger partial charge is 0.251 e. The lowest BCUT2D eigenvalue weighted by Crippen LogP contribution is -2.51. The van der Waals surface area contributed by atoms with Crippen LogP contribution in [0.3, 0.4) is 0 Å². The third kappa shape index (κ3) is 8.34. The molecule has 0 spiro atoms. The monoisotopic (exact) mass is 543 g/mol.